The summed E-state index contributed by atoms with van der Waals surface area (Å²) in [5, 5.41) is 0. The highest BCUT2D eigenvalue weighted by molar-refractivity contribution is 7.81. The average molecular weight is 309 g/mol. The van der Waals surface area contributed by atoms with Crippen LogP contribution in [0.1, 0.15) is 85.5 Å². The highest BCUT2D eigenvalue weighted by Crippen LogP contribution is 2.62. The van der Waals surface area contributed by atoms with E-state index < -0.39 is 0 Å². The van der Waals surface area contributed by atoms with Gasteiger partial charge in [0, 0.05) is 4.75 Å². The third-order valence-electron chi connectivity index (χ3n) is 6.66. The summed E-state index contributed by atoms with van der Waals surface area (Å²) in [7, 11) is 0. The average Bonchev–Trinajstić information content (AvgIpc) is 2.75. The fourth-order valence-corrected chi connectivity index (χ4v) is 6.62. The van der Waals surface area contributed by atoms with Crippen LogP contribution in [0.2, 0.25) is 0 Å². The van der Waals surface area contributed by atoms with Crippen molar-refractivity contribution in [1.82, 2.24) is 0 Å². The molecule has 0 aromatic rings. The van der Waals surface area contributed by atoms with Gasteiger partial charge in [-0.15, -0.1) is 0 Å². The van der Waals surface area contributed by atoms with Gasteiger partial charge in [-0.3, -0.25) is 0 Å². The topological polar surface area (TPSA) is 0 Å². The number of rotatable bonds is 1. The maximum Gasteiger partial charge on any atom is 0.0166 e. The SMILES string of the molecule is C=C1C[C@]2(CCC3C(C)CCCC3(S)C2)CC1CC.CC. The highest BCUT2D eigenvalue weighted by Gasteiger charge is 2.53. The molecule has 0 saturated heterocycles. The second-order valence-electron chi connectivity index (χ2n) is 7.94. The van der Waals surface area contributed by atoms with Crippen molar-refractivity contribution in [3.63, 3.8) is 0 Å². The van der Waals surface area contributed by atoms with Crippen molar-refractivity contribution in [3.05, 3.63) is 12.2 Å². The minimum atomic E-state index is 0.346. The molecule has 0 aromatic heterocycles. The molecule has 3 fully saturated rings. The molecule has 1 heteroatoms. The lowest BCUT2D eigenvalue weighted by molar-refractivity contribution is 0.0548. The predicted molar refractivity (Wildman–Crippen MR) is 98.0 cm³/mol. The first kappa shape index (κ1) is 17.4. The summed E-state index contributed by atoms with van der Waals surface area (Å²) in [6, 6.07) is 0. The molecule has 122 valence electrons. The Kier molecular flexibility index (Phi) is 5.55. The van der Waals surface area contributed by atoms with Crippen LogP contribution in [0.5, 0.6) is 0 Å². The van der Waals surface area contributed by atoms with Crippen LogP contribution in [0.4, 0.5) is 0 Å². The zero-order chi connectivity index (χ0) is 15.7. The largest absolute Gasteiger partial charge is 0.172 e. The molecule has 0 radical (unpaired) electrons. The molecule has 3 aliphatic rings. The van der Waals surface area contributed by atoms with E-state index in [9.17, 15) is 0 Å². The molecule has 3 aliphatic carbocycles. The van der Waals surface area contributed by atoms with Crippen LogP contribution in [-0.4, -0.2) is 4.75 Å². The van der Waals surface area contributed by atoms with Gasteiger partial charge in [-0.05, 0) is 68.1 Å². The van der Waals surface area contributed by atoms with Crippen LogP contribution in [0.25, 0.3) is 0 Å². The molecule has 4 unspecified atom stereocenters. The molecule has 0 N–H and O–H groups in total. The molecule has 0 heterocycles. The molecular weight excluding hydrogens is 272 g/mol. The highest BCUT2D eigenvalue weighted by atomic mass is 32.1. The quantitative estimate of drug-likeness (QED) is 0.406. The minimum Gasteiger partial charge on any atom is -0.172 e. The zero-order valence-corrected chi connectivity index (χ0v) is 15.6. The Morgan fingerprint density at radius 3 is 2.57 bits per heavy atom. The Balaban J connectivity index is 0.000000774. The van der Waals surface area contributed by atoms with Gasteiger partial charge in [0.1, 0.15) is 0 Å². The number of hydrogen-bond donors (Lipinski definition) is 1. The first-order valence-corrected chi connectivity index (χ1v) is 9.83. The van der Waals surface area contributed by atoms with E-state index in [0.717, 1.165) is 17.8 Å². The molecule has 5 atom stereocenters. The van der Waals surface area contributed by atoms with Gasteiger partial charge < -0.3 is 0 Å². The molecule has 3 saturated carbocycles. The molecule has 21 heavy (non-hydrogen) atoms. The van der Waals surface area contributed by atoms with Gasteiger partial charge in [0.25, 0.3) is 0 Å². The molecule has 3 rings (SSSR count). The summed E-state index contributed by atoms with van der Waals surface area (Å²) in [4.78, 5) is 0. The number of hydrogen-bond acceptors (Lipinski definition) is 1. The van der Waals surface area contributed by atoms with Crippen LogP contribution < -0.4 is 0 Å². The van der Waals surface area contributed by atoms with Crippen molar-refractivity contribution in [3.8, 4) is 0 Å². The third kappa shape index (κ3) is 3.23. The number of thiol groups is 1. The van der Waals surface area contributed by atoms with Crippen LogP contribution in [0, 0.1) is 23.2 Å². The van der Waals surface area contributed by atoms with Crippen molar-refractivity contribution in [1.29, 1.82) is 0 Å². The summed E-state index contributed by atoms with van der Waals surface area (Å²) in [6.07, 6.45) is 12.4. The smallest absolute Gasteiger partial charge is 0.0166 e. The maximum absolute atomic E-state index is 5.24. The van der Waals surface area contributed by atoms with Gasteiger partial charge in [-0.2, -0.15) is 12.6 Å². The molecule has 0 bridgehead atoms. The van der Waals surface area contributed by atoms with Gasteiger partial charge in [-0.1, -0.05) is 52.7 Å². The summed E-state index contributed by atoms with van der Waals surface area (Å²) in [6.45, 7) is 13.2. The lowest BCUT2D eigenvalue weighted by Crippen LogP contribution is -2.48. The van der Waals surface area contributed by atoms with Crippen LogP contribution in [0.15, 0.2) is 12.2 Å². The molecule has 0 aromatic carbocycles. The van der Waals surface area contributed by atoms with Gasteiger partial charge in [-0.25, -0.2) is 0 Å². The maximum atomic E-state index is 5.24. The second kappa shape index (κ2) is 6.69. The first-order valence-electron chi connectivity index (χ1n) is 9.38. The Hall–Kier alpha value is 0.0900. The Labute approximate surface area is 138 Å². The van der Waals surface area contributed by atoms with E-state index in [1.54, 1.807) is 5.57 Å². The van der Waals surface area contributed by atoms with Crippen LogP contribution in [-0.2, 0) is 0 Å². The van der Waals surface area contributed by atoms with Crippen molar-refractivity contribution in [2.45, 2.75) is 90.2 Å². The fraction of sp³-hybridized carbons (Fsp3) is 0.900. The molecule has 0 aliphatic heterocycles. The van der Waals surface area contributed by atoms with Crippen LogP contribution >= 0.6 is 12.6 Å². The summed E-state index contributed by atoms with van der Waals surface area (Å²) < 4.78 is 0.346. The van der Waals surface area contributed by atoms with Crippen molar-refractivity contribution < 1.29 is 0 Å². The van der Waals surface area contributed by atoms with E-state index in [0.29, 0.717) is 10.2 Å². The summed E-state index contributed by atoms with van der Waals surface area (Å²) >= 11 is 5.24. The molecule has 0 amide bonds. The standard InChI is InChI=1S/C18H30S.C2H6/c1-4-15-11-17(10-14(15)3)9-7-16-13(2)6-5-8-18(16,19)12-17;1-2/h13,15-16,19H,3-12H2,1-2H3;1-2H3/t13?,15?,16?,17-,18?;/m1./s1. The lowest BCUT2D eigenvalue weighted by atomic mass is 9.57. The normalized spacial score (nSPS) is 46.0. The van der Waals surface area contributed by atoms with Crippen molar-refractivity contribution >= 4 is 12.6 Å². The first-order chi connectivity index (χ1) is 9.98. The summed E-state index contributed by atoms with van der Waals surface area (Å²) in [5.41, 5.74) is 2.12. The Bertz CT molecular complexity index is 374. The molecule has 0 nitrogen and oxygen atoms in total. The lowest BCUT2D eigenvalue weighted by Gasteiger charge is -2.53. The fourth-order valence-electron chi connectivity index (χ4n) is 5.74. The van der Waals surface area contributed by atoms with E-state index in [4.69, 9.17) is 12.6 Å². The Morgan fingerprint density at radius 1 is 1.24 bits per heavy atom. The van der Waals surface area contributed by atoms with Gasteiger partial charge >= 0.3 is 0 Å². The van der Waals surface area contributed by atoms with E-state index in [1.165, 1.54) is 57.8 Å². The predicted octanol–water partition coefficient (Wildman–Crippen LogP) is 6.66. The van der Waals surface area contributed by atoms with E-state index in [2.05, 4.69) is 20.4 Å². The van der Waals surface area contributed by atoms with Gasteiger partial charge in [0.05, 0.1) is 0 Å². The van der Waals surface area contributed by atoms with Crippen molar-refractivity contribution in [2.75, 3.05) is 0 Å². The molecular formula is C20H36S. The van der Waals surface area contributed by atoms with Gasteiger partial charge in [0.2, 0.25) is 0 Å². The Morgan fingerprint density at radius 2 is 1.95 bits per heavy atom. The number of fused-ring (bicyclic) bond motifs is 1. The number of allylic oxidation sites excluding steroid dienone is 1. The van der Waals surface area contributed by atoms with Gasteiger partial charge in [0.15, 0.2) is 0 Å². The van der Waals surface area contributed by atoms with E-state index in [-0.39, 0.29) is 0 Å². The molecule has 1 spiro atoms. The zero-order valence-electron chi connectivity index (χ0n) is 14.8. The minimum absolute atomic E-state index is 0.346. The van der Waals surface area contributed by atoms with Crippen LogP contribution in [0.3, 0.4) is 0 Å². The van der Waals surface area contributed by atoms with E-state index >= 15 is 0 Å². The summed E-state index contributed by atoms with van der Waals surface area (Å²) in [5.74, 6) is 2.58. The van der Waals surface area contributed by atoms with Crippen molar-refractivity contribution in [2.24, 2.45) is 23.2 Å². The monoisotopic (exact) mass is 308 g/mol. The van der Waals surface area contributed by atoms with E-state index in [1.807, 2.05) is 13.8 Å². The third-order valence-corrected chi connectivity index (χ3v) is 7.38. The second-order valence-corrected chi connectivity index (χ2v) is 8.83.